The molecule has 3 aromatic rings. The number of hydrogen-bond acceptors (Lipinski definition) is 4. The maximum absolute atomic E-state index is 13.5. The fourth-order valence-corrected chi connectivity index (χ4v) is 2.43. The van der Waals surface area contributed by atoms with Crippen LogP contribution in [0.3, 0.4) is 0 Å². The molecular formula is C19H16ClFN4O. The number of carbonyl (C=O) groups excluding carboxylic acids is 1. The van der Waals surface area contributed by atoms with Crippen LogP contribution in [0, 0.1) is 5.82 Å². The summed E-state index contributed by atoms with van der Waals surface area (Å²) in [4.78, 5) is 12.1. The Labute approximate surface area is 155 Å². The third-order valence-electron chi connectivity index (χ3n) is 3.65. The van der Waals surface area contributed by atoms with E-state index < -0.39 is 0 Å². The highest BCUT2D eigenvalue weighted by Crippen LogP contribution is 2.17. The first-order valence-electron chi connectivity index (χ1n) is 8.00. The Hall–Kier alpha value is -2.99. The molecule has 2 aromatic carbocycles. The van der Waals surface area contributed by atoms with Crippen LogP contribution in [0.4, 0.5) is 15.9 Å². The summed E-state index contributed by atoms with van der Waals surface area (Å²) in [5, 5.41) is 14.3. The van der Waals surface area contributed by atoms with Crippen LogP contribution in [0.2, 0.25) is 5.02 Å². The van der Waals surface area contributed by atoms with Crippen molar-refractivity contribution in [2.75, 3.05) is 11.9 Å². The number of hydrogen-bond donors (Lipinski definition) is 2. The van der Waals surface area contributed by atoms with Gasteiger partial charge in [0.25, 0.3) is 5.91 Å². The van der Waals surface area contributed by atoms with E-state index in [2.05, 4.69) is 20.8 Å². The molecule has 1 heterocycles. The molecule has 0 spiro atoms. The summed E-state index contributed by atoms with van der Waals surface area (Å²) in [6, 6.07) is 16.9. The molecule has 0 aliphatic rings. The zero-order chi connectivity index (χ0) is 18.4. The summed E-state index contributed by atoms with van der Waals surface area (Å²) in [5.74, 6) is -0.124. The van der Waals surface area contributed by atoms with E-state index in [0.717, 1.165) is 5.69 Å². The third-order valence-corrected chi connectivity index (χ3v) is 3.90. The fraction of sp³-hybridized carbons (Fsp3) is 0.105. The van der Waals surface area contributed by atoms with Gasteiger partial charge < -0.3 is 10.6 Å². The monoisotopic (exact) mass is 370 g/mol. The first-order valence-corrected chi connectivity index (χ1v) is 8.37. The molecule has 132 valence electrons. The SMILES string of the molecule is O=C(NCCc1ccccc1F)c1ccc(Nc2ccc(Cl)cc2)nn1. The standard InChI is InChI=1S/C19H16ClFN4O/c20-14-5-7-15(8-6-14)23-18-10-9-17(24-25-18)19(26)22-12-11-13-3-1-2-4-16(13)21/h1-10H,11-12H2,(H,22,26)(H,23,25). The summed E-state index contributed by atoms with van der Waals surface area (Å²) >= 11 is 5.84. The summed E-state index contributed by atoms with van der Waals surface area (Å²) < 4.78 is 13.5. The maximum Gasteiger partial charge on any atom is 0.271 e. The predicted molar refractivity (Wildman–Crippen MR) is 99.2 cm³/mol. The van der Waals surface area contributed by atoms with Crippen molar-refractivity contribution in [2.45, 2.75) is 6.42 Å². The van der Waals surface area contributed by atoms with Crippen LogP contribution < -0.4 is 10.6 Å². The molecule has 26 heavy (non-hydrogen) atoms. The summed E-state index contributed by atoms with van der Waals surface area (Å²) in [6.07, 6.45) is 0.405. The number of aromatic nitrogens is 2. The maximum atomic E-state index is 13.5. The second-order valence-corrected chi connectivity index (χ2v) is 5.97. The highest BCUT2D eigenvalue weighted by atomic mass is 35.5. The second-order valence-electron chi connectivity index (χ2n) is 5.53. The number of halogens is 2. The number of rotatable bonds is 6. The van der Waals surface area contributed by atoms with Gasteiger partial charge in [0.2, 0.25) is 0 Å². The Kier molecular flexibility index (Phi) is 5.76. The fourth-order valence-electron chi connectivity index (χ4n) is 2.30. The molecule has 0 aliphatic heterocycles. The van der Waals surface area contributed by atoms with Gasteiger partial charge in [-0.1, -0.05) is 29.8 Å². The van der Waals surface area contributed by atoms with Crippen molar-refractivity contribution in [3.8, 4) is 0 Å². The lowest BCUT2D eigenvalue weighted by Crippen LogP contribution is -2.27. The lowest BCUT2D eigenvalue weighted by Gasteiger charge is -2.07. The van der Waals surface area contributed by atoms with Gasteiger partial charge in [-0.05, 0) is 54.4 Å². The molecule has 0 atom stereocenters. The lowest BCUT2D eigenvalue weighted by molar-refractivity contribution is 0.0948. The summed E-state index contributed by atoms with van der Waals surface area (Å²) in [7, 11) is 0. The molecule has 5 nitrogen and oxygen atoms in total. The van der Waals surface area contributed by atoms with E-state index in [9.17, 15) is 9.18 Å². The molecule has 1 amide bonds. The van der Waals surface area contributed by atoms with E-state index in [4.69, 9.17) is 11.6 Å². The molecule has 0 bridgehead atoms. The van der Waals surface area contributed by atoms with Gasteiger partial charge in [0.15, 0.2) is 11.5 Å². The highest BCUT2D eigenvalue weighted by molar-refractivity contribution is 6.30. The molecule has 0 radical (unpaired) electrons. The number of anilines is 2. The number of benzene rings is 2. The van der Waals surface area contributed by atoms with E-state index in [1.807, 2.05) is 12.1 Å². The van der Waals surface area contributed by atoms with Crippen molar-refractivity contribution >= 4 is 29.0 Å². The van der Waals surface area contributed by atoms with Gasteiger partial charge in [-0.3, -0.25) is 4.79 Å². The molecule has 0 fully saturated rings. The molecular weight excluding hydrogens is 355 g/mol. The highest BCUT2D eigenvalue weighted by Gasteiger charge is 2.08. The van der Waals surface area contributed by atoms with Gasteiger partial charge in [-0.25, -0.2) is 4.39 Å². The minimum absolute atomic E-state index is 0.195. The van der Waals surface area contributed by atoms with Gasteiger partial charge in [0.05, 0.1) is 0 Å². The van der Waals surface area contributed by atoms with E-state index in [1.165, 1.54) is 6.07 Å². The van der Waals surface area contributed by atoms with Crippen molar-refractivity contribution in [2.24, 2.45) is 0 Å². The lowest BCUT2D eigenvalue weighted by atomic mass is 10.1. The number of nitrogens with zero attached hydrogens (tertiary/aromatic N) is 2. The number of carbonyl (C=O) groups is 1. The number of amides is 1. The van der Waals surface area contributed by atoms with E-state index in [1.54, 1.807) is 42.5 Å². The minimum Gasteiger partial charge on any atom is -0.350 e. The molecule has 7 heteroatoms. The van der Waals surface area contributed by atoms with Crippen LogP contribution in [-0.2, 0) is 6.42 Å². The second kappa shape index (κ2) is 8.40. The molecule has 0 aliphatic carbocycles. The molecule has 1 aromatic heterocycles. The Balaban J connectivity index is 1.53. The van der Waals surface area contributed by atoms with Gasteiger partial charge in [-0.15, -0.1) is 10.2 Å². The zero-order valence-electron chi connectivity index (χ0n) is 13.7. The average molecular weight is 371 g/mol. The van der Waals surface area contributed by atoms with Crippen LogP contribution in [-0.4, -0.2) is 22.6 Å². The van der Waals surface area contributed by atoms with Crippen LogP contribution in [0.5, 0.6) is 0 Å². The van der Waals surface area contributed by atoms with Crippen LogP contribution >= 0.6 is 11.6 Å². The third kappa shape index (κ3) is 4.77. The first kappa shape index (κ1) is 17.8. The van der Waals surface area contributed by atoms with Crippen molar-refractivity contribution in [1.82, 2.24) is 15.5 Å². The Morgan fingerprint density at radius 2 is 1.77 bits per heavy atom. The Morgan fingerprint density at radius 1 is 1.00 bits per heavy atom. The van der Waals surface area contributed by atoms with Crippen LogP contribution in [0.15, 0.2) is 60.7 Å². The predicted octanol–water partition coefficient (Wildman–Crippen LogP) is 3.99. The van der Waals surface area contributed by atoms with Gasteiger partial charge >= 0.3 is 0 Å². The summed E-state index contributed by atoms with van der Waals surface area (Å²) in [6.45, 7) is 0.312. The number of nitrogens with one attached hydrogen (secondary N) is 2. The van der Waals surface area contributed by atoms with Gasteiger partial charge in [0, 0.05) is 17.3 Å². The van der Waals surface area contributed by atoms with E-state index in [0.29, 0.717) is 29.4 Å². The van der Waals surface area contributed by atoms with Crippen molar-refractivity contribution in [3.05, 3.63) is 82.8 Å². The van der Waals surface area contributed by atoms with E-state index in [-0.39, 0.29) is 17.4 Å². The first-order chi connectivity index (χ1) is 12.6. The topological polar surface area (TPSA) is 66.9 Å². The van der Waals surface area contributed by atoms with Crippen LogP contribution in [0.1, 0.15) is 16.1 Å². The average Bonchev–Trinajstić information content (AvgIpc) is 2.66. The molecule has 0 unspecified atom stereocenters. The zero-order valence-corrected chi connectivity index (χ0v) is 14.5. The Morgan fingerprint density at radius 3 is 2.46 bits per heavy atom. The van der Waals surface area contributed by atoms with Gasteiger partial charge in [-0.2, -0.15) is 0 Å². The minimum atomic E-state index is -0.355. The quantitative estimate of drug-likeness (QED) is 0.688. The normalized spacial score (nSPS) is 10.4. The van der Waals surface area contributed by atoms with Crippen molar-refractivity contribution in [1.29, 1.82) is 0 Å². The Bertz CT molecular complexity index is 885. The van der Waals surface area contributed by atoms with E-state index >= 15 is 0 Å². The molecule has 0 saturated heterocycles. The van der Waals surface area contributed by atoms with Crippen molar-refractivity contribution in [3.63, 3.8) is 0 Å². The molecule has 3 rings (SSSR count). The van der Waals surface area contributed by atoms with Crippen LogP contribution in [0.25, 0.3) is 0 Å². The largest absolute Gasteiger partial charge is 0.350 e. The molecule has 2 N–H and O–H groups in total. The summed E-state index contributed by atoms with van der Waals surface area (Å²) in [5.41, 5.74) is 1.56. The van der Waals surface area contributed by atoms with Gasteiger partial charge in [0.1, 0.15) is 5.82 Å². The molecule has 0 saturated carbocycles. The van der Waals surface area contributed by atoms with Crippen molar-refractivity contribution < 1.29 is 9.18 Å². The smallest absolute Gasteiger partial charge is 0.271 e.